The van der Waals surface area contributed by atoms with Gasteiger partial charge in [-0.25, -0.2) is 4.79 Å². The average Bonchev–Trinajstić information content (AvgIpc) is 3.00. The van der Waals surface area contributed by atoms with Crippen molar-refractivity contribution in [3.63, 3.8) is 0 Å². The summed E-state index contributed by atoms with van der Waals surface area (Å²) in [6, 6.07) is 11.4. The van der Waals surface area contributed by atoms with Crippen molar-refractivity contribution in [3.05, 3.63) is 70.2 Å². The lowest BCUT2D eigenvalue weighted by Gasteiger charge is -2.32. The maximum atomic E-state index is 12.6. The van der Waals surface area contributed by atoms with E-state index in [4.69, 9.17) is 14.2 Å². The minimum absolute atomic E-state index is 0.137. The Bertz CT molecular complexity index is 1180. The van der Waals surface area contributed by atoms with Crippen LogP contribution >= 0.6 is 0 Å². The molecule has 5 heteroatoms. The number of fused-ring (bicyclic) bond motifs is 2. The molecule has 0 saturated heterocycles. The number of hydrogen-bond acceptors (Lipinski definition) is 5. The van der Waals surface area contributed by atoms with Gasteiger partial charge in [0, 0.05) is 0 Å². The monoisotopic (exact) mass is 432 g/mol. The third kappa shape index (κ3) is 3.77. The van der Waals surface area contributed by atoms with Gasteiger partial charge in [-0.2, -0.15) is 0 Å². The van der Waals surface area contributed by atoms with Crippen LogP contribution in [0.1, 0.15) is 62.8 Å². The predicted molar refractivity (Wildman–Crippen MR) is 123 cm³/mol. The van der Waals surface area contributed by atoms with Crippen molar-refractivity contribution >= 4 is 17.6 Å². The summed E-state index contributed by atoms with van der Waals surface area (Å²) in [6.07, 6.45) is 5.30. The number of hydrogen-bond donors (Lipinski definition) is 1. The molecule has 166 valence electrons. The van der Waals surface area contributed by atoms with Gasteiger partial charge in [-0.3, -0.25) is 0 Å². The smallest absolute Gasteiger partial charge is 0.348 e. The van der Waals surface area contributed by atoms with E-state index in [0.717, 1.165) is 53.9 Å². The Morgan fingerprint density at radius 3 is 2.12 bits per heavy atom. The first kappa shape index (κ1) is 20.7. The molecule has 5 nitrogen and oxygen atoms in total. The molecule has 3 aliphatic rings. The maximum Gasteiger partial charge on any atom is 0.348 e. The number of rotatable bonds is 2. The molecule has 0 fully saturated rings. The number of ether oxygens (including phenoxy) is 3. The number of aliphatic hydroxyl groups is 1. The fraction of sp³-hybridized carbons (Fsp3) is 0.370. The summed E-state index contributed by atoms with van der Waals surface area (Å²) < 4.78 is 17.5. The Balaban J connectivity index is 1.45. The molecule has 0 unspecified atom stereocenters. The standard InChI is InChI=1S/C27H28O5/c1-26(2)11-9-17-13-16(5-7-20(17)31-26)14-22-24(28)23(25(29)30-22)19-6-8-21-18(15-19)10-12-27(3,4)32-21/h5-8,13-15,28H,9-12H2,1-4H3. The third-order valence-electron chi connectivity index (χ3n) is 6.37. The fourth-order valence-corrected chi connectivity index (χ4v) is 4.51. The van der Waals surface area contributed by atoms with Crippen LogP contribution in [0.4, 0.5) is 0 Å². The highest BCUT2D eigenvalue weighted by atomic mass is 16.6. The molecule has 2 aromatic carbocycles. The van der Waals surface area contributed by atoms with Gasteiger partial charge in [0.25, 0.3) is 0 Å². The second kappa shape index (κ2) is 7.16. The summed E-state index contributed by atoms with van der Waals surface area (Å²) in [5.41, 5.74) is 3.46. The molecule has 0 aliphatic carbocycles. The lowest BCUT2D eigenvalue weighted by molar-refractivity contribution is -0.131. The van der Waals surface area contributed by atoms with Crippen LogP contribution in [0.25, 0.3) is 11.6 Å². The van der Waals surface area contributed by atoms with E-state index in [2.05, 4.69) is 27.7 Å². The second-order valence-corrected chi connectivity index (χ2v) is 10.0. The van der Waals surface area contributed by atoms with E-state index in [1.807, 2.05) is 30.3 Å². The van der Waals surface area contributed by atoms with Gasteiger partial charge in [-0.05, 0) is 106 Å². The molecular weight excluding hydrogens is 404 g/mol. The van der Waals surface area contributed by atoms with E-state index < -0.39 is 5.97 Å². The molecule has 0 spiro atoms. The molecular formula is C27H28O5. The largest absolute Gasteiger partial charge is 0.504 e. The summed E-state index contributed by atoms with van der Waals surface area (Å²) in [5, 5.41) is 10.8. The molecule has 0 atom stereocenters. The molecule has 1 N–H and O–H groups in total. The highest BCUT2D eigenvalue weighted by Gasteiger charge is 2.33. The van der Waals surface area contributed by atoms with Gasteiger partial charge in [-0.1, -0.05) is 12.1 Å². The van der Waals surface area contributed by atoms with Crippen molar-refractivity contribution in [1.29, 1.82) is 0 Å². The number of carbonyl (C=O) groups is 1. The van der Waals surface area contributed by atoms with Gasteiger partial charge in [0.2, 0.25) is 0 Å². The Morgan fingerprint density at radius 1 is 0.875 bits per heavy atom. The van der Waals surface area contributed by atoms with Crippen molar-refractivity contribution in [1.82, 2.24) is 0 Å². The topological polar surface area (TPSA) is 65.0 Å². The van der Waals surface area contributed by atoms with Crippen LogP contribution in [-0.4, -0.2) is 22.3 Å². The lowest BCUT2D eigenvalue weighted by atomic mass is 9.92. The Labute approximate surface area is 188 Å². The normalized spacial score (nSPS) is 22.0. The molecule has 0 saturated carbocycles. The van der Waals surface area contributed by atoms with Crippen LogP contribution in [0.3, 0.4) is 0 Å². The summed E-state index contributed by atoms with van der Waals surface area (Å²) in [7, 11) is 0. The van der Waals surface area contributed by atoms with Crippen molar-refractivity contribution in [2.75, 3.05) is 0 Å². The molecule has 5 rings (SSSR count). The molecule has 0 bridgehead atoms. The summed E-state index contributed by atoms with van der Waals surface area (Å²) in [4.78, 5) is 12.6. The number of aliphatic hydroxyl groups excluding tert-OH is 1. The van der Waals surface area contributed by atoms with Gasteiger partial charge in [0.15, 0.2) is 11.5 Å². The van der Waals surface area contributed by atoms with Crippen LogP contribution in [0, 0.1) is 0 Å². The molecule has 3 aliphatic heterocycles. The maximum absolute atomic E-state index is 12.6. The molecule has 0 amide bonds. The zero-order valence-corrected chi connectivity index (χ0v) is 19.0. The quantitative estimate of drug-likeness (QED) is 0.611. The second-order valence-electron chi connectivity index (χ2n) is 10.0. The van der Waals surface area contributed by atoms with Crippen molar-refractivity contribution in [3.8, 4) is 11.5 Å². The van der Waals surface area contributed by atoms with Gasteiger partial charge in [0.1, 0.15) is 28.3 Å². The van der Waals surface area contributed by atoms with Gasteiger partial charge in [0.05, 0.1) is 0 Å². The lowest BCUT2D eigenvalue weighted by Crippen LogP contribution is -2.32. The fourth-order valence-electron chi connectivity index (χ4n) is 4.51. The van der Waals surface area contributed by atoms with Crippen LogP contribution < -0.4 is 9.47 Å². The Hall–Kier alpha value is -3.21. The van der Waals surface area contributed by atoms with E-state index >= 15 is 0 Å². The van der Waals surface area contributed by atoms with Gasteiger partial charge >= 0.3 is 5.97 Å². The summed E-state index contributed by atoms with van der Waals surface area (Å²) in [5.74, 6) is 1.19. The van der Waals surface area contributed by atoms with Crippen molar-refractivity contribution < 1.29 is 24.1 Å². The zero-order chi connectivity index (χ0) is 22.7. The van der Waals surface area contributed by atoms with E-state index in [1.165, 1.54) is 0 Å². The highest BCUT2D eigenvalue weighted by molar-refractivity contribution is 6.21. The van der Waals surface area contributed by atoms with Gasteiger partial charge < -0.3 is 19.3 Å². The average molecular weight is 433 g/mol. The number of carbonyl (C=O) groups excluding carboxylic acids is 1. The zero-order valence-electron chi connectivity index (χ0n) is 19.0. The molecule has 0 aromatic heterocycles. The number of benzene rings is 2. The summed E-state index contributed by atoms with van der Waals surface area (Å²) in [6.45, 7) is 8.30. The first-order chi connectivity index (χ1) is 15.1. The highest BCUT2D eigenvalue weighted by Crippen LogP contribution is 2.39. The number of cyclic esters (lactones) is 1. The number of aryl methyl sites for hydroxylation is 2. The number of esters is 1. The minimum atomic E-state index is -0.547. The molecule has 3 heterocycles. The summed E-state index contributed by atoms with van der Waals surface area (Å²) >= 11 is 0. The Kier molecular flexibility index (Phi) is 4.63. The van der Waals surface area contributed by atoms with Crippen molar-refractivity contribution in [2.45, 2.75) is 64.6 Å². The predicted octanol–water partition coefficient (Wildman–Crippen LogP) is 5.76. The third-order valence-corrected chi connectivity index (χ3v) is 6.37. The molecule has 32 heavy (non-hydrogen) atoms. The Morgan fingerprint density at radius 2 is 1.47 bits per heavy atom. The van der Waals surface area contributed by atoms with E-state index in [1.54, 1.807) is 12.1 Å². The minimum Gasteiger partial charge on any atom is -0.504 e. The first-order valence-electron chi connectivity index (χ1n) is 11.1. The van der Waals surface area contributed by atoms with E-state index in [-0.39, 0.29) is 28.3 Å². The van der Waals surface area contributed by atoms with E-state index in [9.17, 15) is 9.90 Å². The van der Waals surface area contributed by atoms with Gasteiger partial charge in [-0.15, -0.1) is 0 Å². The molecule has 2 aromatic rings. The van der Waals surface area contributed by atoms with Crippen LogP contribution in [-0.2, 0) is 22.4 Å². The molecule has 0 radical (unpaired) electrons. The van der Waals surface area contributed by atoms with Crippen LogP contribution in [0.15, 0.2) is 47.9 Å². The van der Waals surface area contributed by atoms with Crippen molar-refractivity contribution in [2.24, 2.45) is 0 Å². The SMILES string of the molecule is CC1(C)CCc2cc(C=C3OC(=O)C(c4ccc5c(c4)CCC(C)(C)O5)=C3O)ccc2O1. The van der Waals surface area contributed by atoms with Crippen LogP contribution in [0.5, 0.6) is 11.5 Å². The first-order valence-corrected chi connectivity index (χ1v) is 11.1. The van der Waals surface area contributed by atoms with Crippen LogP contribution in [0.2, 0.25) is 0 Å². The van der Waals surface area contributed by atoms with E-state index in [0.29, 0.717) is 5.56 Å².